The molecule has 4 heterocycles. The average Bonchev–Trinajstić information content (AvgIpc) is 3.55. The molecule has 0 atom stereocenters. The molecule has 0 N–H and O–H groups in total. The summed E-state index contributed by atoms with van der Waals surface area (Å²) in [5, 5.41) is 14.5. The number of fused-ring (bicyclic) bond motifs is 2. The van der Waals surface area contributed by atoms with Crippen molar-refractivity contribution in [3.8, 4) is 17.3 Å². The topological polar surface area (TPSA) is 69.6 Å². The van der Waals surface area contributed by atoms with Gasteiger partial charge in [-0.15, -0.1) is 10.2 Å². The predicted molar refractivity (Wildman–Crippen MR) is 134 cm³/mol. The van der Waals surface area contributed by atoms with Crippen molar-refractivity contribution in [2.45, 2.75) is 6.92 Å². The zero-order valence-electron chi connectivity index (χ0n) is 18.6. The van der Waals surface area contributed by atoms with Gasteiger partial charge in [0.1, 0.15) is 22.1 Å². The van der Waals surface area contributed by atoms with E-state index >= 15 is 0 Å². The van der Waals surface area contributed by atoms with Gasteiger partial charge >= 0.3 is 0 Å². The maximum Gasteiger partial charge on any atom is 0.235 e. The van der Waals surface area contributed by atoms with E-state index in [2.05, 4.69) is 45.5 Å². The lowest BCUT2D eigenvalue weighted by Gasteiger charge is -2.09. The van der Waals surface area contributed by atoms with Gasteiger partial charge < -0.3 is 4.74 Å². The molecule has 4 aromatic heterocycles. The Kier molecular flexibility index (Phi) is 4.92. The molecule has 34 heavy (non-hydrogen) atoms. The second-order valence-corrected chi connectivity index (χ2v) is 8.77. The summed E-state index contributed by atoms with van der Waals surface area (Å²) in [6, 6.07) is 24.3. The highest BCUT2D eigenvalue weighted by atomic mass is 32.1. The number of hydrogen-bond donors (Lipinski definition) is 0. The van der Waals surface area contributed by atoms with Crippen LogP contribution < -0.4 is 4.74 Å². The Hall–Kier alpha value is -4.30. The van der Waals surface area contributed by atoms with Crippen LogP contribution in [0.1, 0.15) is 21.8 Å². The summed E-state index contributed by atoms with van der Waals surface area (Å²) < 4.78 is 9.16. The molecule has 0 aliphatic carbocycles. The molecule has 0 saturated heterocycles. The summed E-state index contributed by atoms with van der Waals surface area (Å²) in [5.74, 6) is 1.50. The predicted octanol–water partition coefficient (Wildman–Crippen LogP) is 5.41. The first-order valence-corrected chi connectivity index (χ1v) is 11.6. The van der Waals surface area contributed by atoms with Crippen LogP contribution in [-0.2, 0) is 0 Å². The number of rotatable bonds is 5. The molecular weight excluding hydrogens is 444 g/mol. The van der Waals surface area contributed by atoms with E-state index in [9.17, 15) is 0 Å². The van der Waals surface area contributed by atoms with Crippen molar-refractivity contribution in [2.24, 2.45) is 0 Å². The van der Waals surface area contributed by atoms with E-state index in [0.29, 0.717) is 5.82 Å². The van der Waals surface area contributed by atoms with Gasteiger partial charge in [0.15, 0.2) is 0 Å². The number of benzene rings is 2. The van der Waals surface area contributed by atoms with Crippen LogP contribution in [0.15, 0.2) is 79.0 Å². The molecule has 7 nitrogen and oxygen atoms in total. The summed E-state index contributed by atoms with van der Waals surface area (Å²) in [5.41, 5.74) is 5.90. The Balaban J connectivity index is 1.49. The van der Waals surface area contributed by atoms with E-state index in [1.807, 2.05) is 66.1 Å². The fourth-order valence-electron chi connectivity index (χ4n) is 4.07. The smallest absolute Gasteiger partial charge is 0.235 e. The molecule has 0 spiro atoms. The number of methoxy groups -OCH3 is 1. The Bertz CT molecular complexity index is 1640. The van der Waals surface area contributed by atoms with E-state index in [-0.39, 0.29) is 0 Å². The summed E-state index contributed by atoms with van der Waals surface area (Å²) >= 11 is 1.50. The first kappa shape index (κ1) is 20.3. The molecule has 8 heteroatoms. The zero-order valence-corrected chi connectivity index (χ0v) is 19.4. The van der Waals surface area contributed by atoms with Crippen LogP contribution >= 0.6 is 11.3 Å². The summed E-state index contributed by atoms with van der Waals surface area (Å²) in [6.07, 6.45) is 4.08. The lowest BCUT2D eigenvalue weighted by Crippen LogP contribution is -1.96. The van der Waals surface area contributed by atoms with Gasteiger partial charge in [-0.2, -0.15) is 9.61 Å². The van der Waals surface area contributed by atoms with Crippen molar-refractivity contribution in [1.29, 1.82) is 0 Å². The van der Waals surface area contributed by atoms with Crippen molar-refractivity contribution >= 4 is 33.6 Å². The average molecular weight is 465 g/mol. The minimum absolute atomic E-state index is 0.674. The Morgan fingerprint density at radius 2 is 1.68 bits per heavy atom. The molecule has 2 aromatic carbocycles. The minimum atomic E-state index is 0.674. The number of hydrogen-bond acceptors (Lipinski definition) is 6. The third-order valence-corrected chi connectivity index (χ3v) is 6.52. The molecule has 0 bridgehead atoms. The normalized spacial score (nSPS) is 12.0. The summed E-state index contributed by atoms with van der Waals surface area (Å²) in [4.78, 5) is 5.39. The Labute approximate surface area is 199 Å². The minimum Gasteiger partial charge on any atom is -0.497 e. The molecule has 0 saturated carbocycles. The molecule has 0 radical (unpaired) electrons. The maximum atomic E-state index is 5.34. The fourth-order valence-corrected chi connectivity index (χ4v) is 4.85. The van der Waals surface area contributed by atoms with Crippen molar-refractivity contribution in [1.82, 2.24) is 29.2 Å². The largest absolute Gasteiger partial charge is 0.497 e. The standard InChI is InChI=1S/C26H20N6OS/c1-17-24(31-15-7-6-10-22(31)27-17)25-28-29-26-32(25)30-23(34-26)16-21(18-8-4-3-5-9-18)19-11-13-20(33-2)14-12-19/h3-16H,1-2H3/b21-16+. The van der Waals surface area contributed by atoms with Gasteiger partial charge in [-0.25, -0.2) is 4.98 Å². The molecule has 0 unspecified atom stereocenters. The van der Waals surface area contributed by atoms with Crippen LogP contribution in [-0.4, -0.2) is 36.3 Å². The number of imidazole rings is 1. The lowest BCUT2D eigenvalue weighted by atomic mass is 9.97. The van der Waals surface area contributed by atoms with Gasteiger partial charge in [-0.3, -0.25) is 4.40 Å². The van der Waals surface area contributed by atoms with Gasteiger partial charge in [0.05, 0.1) is 12.8 Å². The summed E-state index contributed by atoms with van der Waals surface area (Å²) in [6.45, 7) is 1.98. The van der Waals surface area contributed by atoms with E-state index in [1.54, 1.807) is 11.6 Å². The van der Waals surface area contributed by atoms with Crippen molar-refractivity contribution < 1.29 is 4.74 Å². The summed E-state index contributed by atoms with van der Waals surface area (Å²) in [7, 11) is 1.67. The molecule has 0 amide bonds. The Morgan fingerprint density at radius 3 is 2.47 bits per heavy atom. The molecule has 6 aromatic rings. The highest BCUT2D eigenvalue weighted by molar-refractivity contribution is 7.17. The zero-order chi connectivity index (χ0) is 23.1. The van der Waals surface area contributed by atoms with E-state index in [1.165, 1.54) is 11.3 Å². The monoisotopic (exact) mass is 464 g/mol. The SMILES string of the molecule is COc1ccc(/C(=C/c2nn3c(-c4c(C)nc5ccccn45)nnc3s2)c2ccccc2)cc1. The van der Waals surface area contributed by atoms with Gasteiger partial charge in [0.2, 0.25) is 10.8 Å². The number of ether oxygens (including phenoxy) is 1. The van der Waals surface area contributed by atoms with Crippen LogP contribution in [0.3, 0.4) is 0 Å². The molecule has 0 aliphatic heterocycles. The second-order valence-electron chi connectivity index (χ2n) is 7.79. The lowest BCUT2D eigenvalue weighted by molar-refractivity contribution is 0.415. The van der Waals surface area contributed by atoms with Crippen LogP contribution in [0.5, 0.6) is 5.75 Å². The molecule has 166 valence electrons. The number of aryl methyl sites for hydroxylation is 1. The molecular formula is C26H20N6OS. The van der Waals surface area contributed by atoms with Crippen LogP contribution in [0.25, 0.3) is 33.8 Å². The first-order chi connectivity index (χ1) is 16.7. The van der Waals surface area contributed by atoms with Crippen LogP contribution in [0, 0.1) is 6.92 Å². The van der Waals surface area contributed by atoms with Crippen LogP contribution in [0.4, 0.5) is 0 Å². The number of aromatic nitrogens is 6. The van der Waals surface area contributed by atoms with Gasteiger partial charge in [0, 0.05) is 6.20 Å². The van der Waals surface area contributed by atoms with E-state index in [0.717, 1.165) is 49.5 Å². The number of pyridine rings is 1. The van der Waals surface area contributed by atoms with E-state index < -0.39 is 0 Å². The fraction of sp³-hybridized carbons (Fsp3) is 0.0769. The quantitative estimate of drug-likeness (QED) is 0.341. The number of nitrogens with zero attached hydrogens (tertiary/aromatic N) is 6. The molecule has 6 rings (SSSR count). The van der Waals surface area contributed by atoms with Crippen molar-refractivity contribution in [3.63, 3.8) is 0 Å². The Morgan fingerprint density at radius 1 is 0.912 bits per heavy atom. The third kappa shape index (κ3) is 3.45. The second kappa shape index (κ2) is 8.24. The first-order valence-electron chi connectivity index (χ1n) is 10.8. The van der Waals surface area contributed by atoms with E-state index in [4.69, 9.17) is 9.84 Å². The van der Waals surface area contributed by atoms with Gasteiger partial charge in [0.25, 0.3) is 0 Å². The highest BCUT2D eigenvalue weighted by Gasteiger charge is 2.19. The van der Waals surface area contributed by atoms with Crippen molar-refractivity contribution in [2.75, 3.05) is 7.11 Å². The molecule has 0 aliphatic rings. The maximum absolute atomic E-state index is 5.34. The van der Waals surface area contributed by atoms with Gasteiger partial charge in [-0.05, 0) is 54.0 Å². The van der Waals surface area contributed by atoms with Gasteiger partial charge in [-0.1, -0.05) is 59.9 Å². The molecule has 0 fully saturated rings. The third-order valence-electron chi connectivity index (χ3n) is 5.68. The van der Waals surface area contributed by atoms with Crippen LogP contribution in [0.2, 0.25) is 0 Å². The van der Waals surface area contributed by atoms with Crippen molar-refractivity contribution in [3.05, 3.63) is 101 Å². The highest BCUT2D eigenvalue weighted by Crippen LogP contribution is 2.30.